The number of morpholine rings is 1. The third-order valence-electron chi connectivity index (χ3n) is 7.42. The van der Waals surface area contributed by atoms with Gasteiger partial charge in [-0.15, -0.1) is 0 Å². The fourth-order valence-electron chi connectivity index (χ4n) is 5.43. The van der Waals surface area contributed by atoms with Crippen molar-refractivity contribution in [3.63, 3.8) is 0 Å². The van der Waals surface area contributed by atoms with Gasteiger partial charge in [-0.1, -0.05) is 18.2 Å². The van der Waals surface area contributed by atoms with E-state index in [1.807, 2.05) is 18.2 Å². The molecule has 2 aromatic heterocycles. The smallest absolute Gasteiger partial charge is 0.251 e. The molecule has 0 bridgehead atoms. The number of ether oxygens (including phenoxy) is 2. The van der Waals surface area contributed by atoms with Crippen LogP contribution in [0.2, 0.25) is 0 Å². The maximum Gasteiger partial charge on any atom is 0.251 e. The summed E-state index contributed by atoms with van der Waals surface area (Å²) in [6.07, 6.45) is -0.162. The molecule has 0 radical (unpaired) electrons. The van der Waals surface area contributed by atoms with Crippen molar-refractivity contribution in [1.29, 1.82) is 5.26 Å². The molecule has 2 saturated heterocycles. The molecule has 2 aliphatic heterocycles. The van der Waals surface area contributed by atoms with Gasteiger partial charge in [-0.25, -0.2) is 13.8 Å². The third-order valence-corrected chi connectivity index (χ3v) is 7.42. The minimum Gasteiger partial charge on any atom is -0.488 e. The maximum atomic E-state index is 12.7. The molecule has 1 N–H and O–H groups in total. The lowest BCUT2D eigenvalue weighted by atomic mass is 10.0. The number of anilines is 1. The number of nitrogens with zero attached hydrogens (tertiary/aromatic N) is 4. The van der Waals surface area contributed by atoms with Crippen LogP contribution in [-0.2, 0) is 4.74 Å². The Balaban J connectivity index is 1.23. The van der Waals surface area contributed by atoms with Gasteiger partial charge in [-0.2, -0.15) is 5.26 Å². The van der Waals surface area contributed by atoms with E-state index in [-0.39, 0.29) is 12.6 Å². The van der Waals surface area contributed by atoms with Crippen molar-refractivity contribution in [3.05, 3.63) is 66.4 Å². The Labute approximate surface area is 225 Å². The zero-order valence-electron chi connectivity index (χ0n) is 21.4. The Hall–Kier alpha value is -4.00. The highest BCUT2D eigenvalue weighted by atomic mass is 19.3. The zero-order chi connectivity index (χ0) is 26.8. The number of likely N-dealkylation sites (tertiary alicyclic amines) is 1. The van der Waals surface area contributed by atoms with Crippen LogP contribution in [0.25, 0.3) is 33.4 Å². The number of hydrogen-bond acceptors (Lipinski definition) is 6. The molecular formula is C30H29F2N5O2. The number of pyridine rings is 1. The van der Waals surface area contributed by atoms with Crippen molar-refractivity contribution >= 4 is 16.7 Å². The Morgan fingerprint density at radius 1 is 1.05 bits per heavy atom. The van der Waals surface area contributed by atoms with E-state index in [1.165, 1.54) is 5.69 Å². The Morgan fingerprint density at radius 3 is 2.62 bits per heavy atom. The maximum absolute atomic E-state index is 12.7. The largest absolute Gasteiger partial charge is 0.488 e. The van der Waals surface area contributed by atoms with Gasteiger partial charge in [0.25, 0.3) is 6.43 Å². The number of benzene rings is 2. The second-order valence-electron chi connectivity index (χ2n) is 9.95. The van der Waals surface area contributed by atoms with E-state index in [2.05, 4.69) is 51.3 Å². The van der Waals surface area contributed by atoms with Crippen LogP contribution < -0.4 is 9.64 Å². The fraction of sp³-hybridized carbons (Fsp3) is 0.333. The summed E-state index contributed by atoms with van der Waals surface area (Å²) in [6, 6.07) is 20.3. The van der Waals surface area contributed by atoms with E-state index in [0.717, 1.165) is 59.7 Å². The van der Waals surface area contributed by atoms with Gasteiger partial charge in [-0.3, -0.25) is 4.90 Å². The van der Waals surface area contributed by atoms with Crippen LogP contribution in [0.15, 0.2) is 60.8 Å². The highest BCUT2D eigenvalue weighted by molar-refractivity contribution is 5.96. The molecule has 0 saturated carbocycles. The van der Waals surface area contributed by atoms with Crippen LogP contribution in [0, 0.1) is 11.3 Å². The van der Waals surface area contributed by atoms with E-state index in [9.17, 15) is 14.0 Å². The van der Waals surface area contributed by atoms with Crippen molar-refractivity contribution in [2.45, 2.75) is 19.0 Å². The van der Waals surface area contributed by atoms with Crippen LogP contribution in [0.1, 0.15) is 12.0 Å². The number of alkyl halides is 2. The molecule has 0 amide bonds. The van der Waals surface area contributed by atoms with Crippen molar-refractivity contribution in [2.24, 2.45) is 0 Å². The molecule has 0 spiro atoms. The van der Waals surface area contributed by atoms with Crippen LogP contribution >= 0.6 is 0 Å². The summed E-state index contributed by atoms with van der Waals surface area (Å²) in [4.78, 5) is 12.0. The summed E-state index contributed by atoms with van der Waals surface area (Å²) in [5.41, 5.74) is 6.23. The number of nitrogens with one attached hydrogen (secondary N) is 1. The molecule has 4 aromatic rings. The lowest BCUT2D eigenvalue weighted by molar-refractivity contribution is 0.0931. The molecule has 0 aliphatic carbocycles. The van der Waals surface area contributed by atoms with E-state index >= 15 is 0 Å². The van der Waals surface area contributed by atoms with Crippen LogP contribution in [0.3, 0.4) is 0 Å². The van der Waals surface area contributed by atoms with E-state index in [1.54, 1.807) is 17.2 Å². The van der Waals surface area contributed by atoms with E-state index in [0.29, 0.717) is 30.8 Å². The van der Waals surface area contributed by atoms with Crippen molar-refractivity contribution in [2.75, 3.05) is 50.8 Å². The number of rotatable bonds is 7. The second-order valence-corrected chi connectivity index (χ2v) is 9.95. The molecule has 0 unspecified atom stereocenters. The van der Waals surface area contributed by atoms with Crippen LogP contribution in [-0.4, -0.2) is 73.3 Å². The first-order valence-corrected chi connectivity index (χ1v) is 13.2. The molecule has 2 aliphatic rings. The molecule has 1 atom stereocenters. The molecule has 2 fully saturated rings. The Kier molecular flexibility index (Phi) is 7.14. The van der Waals surface area contributed by atoms with Gasteiger partial charge in [-0.05, 0) is 59.5 Å². The number of hydrogen-bond donors (Lipinski definition) is 1. The average molecular weight is 530 g/mol. The average Bonchev–Trinajstić information content (AvgIpc) is 3.60. The van der Waals surface area contributed by atoms with E-state index in [4.69, 9.17) is 9.47 Å². The summed E-state index contributed by atoms with van der Waals surface area (Å²) in [6.45, 7) is 4.03. The zero-order valence-corrected chi connectivity index (χ0v) is 21.4. The highest BCUT2D eigenvalue weighted by Gasteiger charge is 2.26. The number of fused-ring (bicyclic) bond motifs is 1. The van der Waals surface area contributed by atoms with Crippen LogP contribution in [0.5, 0.6) is 5.75 Å². The fourth-order valence-corrected chi connectivity index (χ4v) is 5.43. The predicted octanol–water partition coefficient (Wildman–Crippen LogP) is 5.32. The van der Waals surface area contributed by atoms with E-state index < -0.39 is 6.43 Å². The quantitative estimate of drug-likeness (QED) is 0.349. The summed E-state index contributed by atoms with van der Waals surface area (Å²) in [5.74, 6) is 0.477. The lowest BCUT2D eigenvalue weighted by Gasteiger charge is -2.28. The first-order chi connectivity index (χ1) is 19.1. The molecule has 7 nitrogen and oxygen atoms in total. The van der Waals surface area contributed by atoms with Gasteiger partial charge in [0.05, 0.1) is 25.3 Å². The standard InChI is InChI=1S/C30H29F2N5O2/c31-29(32)19-36-10-8-24(18-36)39-28-6-3-21(15-22(28)17-33)25-7-9-34-30-26(25)16-27(35-30)20-1-4-23(5-2-20)37-11-13-38-14-12-37/h1-7,9,15-16,24,29H,8,10-14,18-19H2,(H,34,35)/t24-/m1/s1. The number of halogens is 2. The normalized spacial score (nSPS) is 18.1. The summed E-state index contributed by atoms with van der Waals surface area (Å²) >= 11 is 0. The minimum atomic E-state index is -2.36. The third kappa shape index (κ3) is 5.44. The number of aromatic amines is 1. The molecule has 6 rings (SSSR count). The first kappa shape index (κ1) is 25.3. The highest BCUT2D eigenvalue weighted by Crippen LogP contribution is 2.34. The van der Waals surface area contributed by atoms with Gasteiger partial charge in [0.2, 0.25) is 0 Å². The molecular weight excluding hydrogens is 500 g/mol. The Bertz CT molecular complexity index is 1490. The first-order valence-electron chi connectivity index (χ1n) is 13.2. The molecule has 200 valence electrons. The van der Waals surface area contributed by atoms with Gasteiger partial charge in [0.15, 0.2) is 0 Å². The predicted molar refractivity (Wildman–Crippen MR) is 146 cm³/mol. The van der Waals surface area contributed by atoms with Gasteiger partial charge in [0.1, 0.15) is 23.6 Å². The van der Waals surface area contributed by atoms with Gasteiger partial charge < -0.3 is 19.4 Å². The number of H-pyrrole nitrogens is 1. The van der Waals surface area contributed by atoms with Gasteiger partial charge >= 0.3 is 0 Å². The molecule has 4 heterocycles. The topological polar surface area (TPSA) is 77.4 Å². The minimum absolute atomic E-state index is 0.212. The van der Waals surface area contributed by atoms with Gasteiger partial charge in [0, 0.05) is 49.1 Å². The number of aromatic nitrogens is 2. The van der Waals surface area contributed by atoms with Crippen LogP contribution in [0.4, 0.5) is 14.5 Å². The number of nitriles is 1. The molecule has 9 heteroatoms. The lowest BCUT2D eigenvalue weighted by Crippen LogP contribution is -2.36. The van der Waals surface area contributed by atoms with Crippen molar-refractivity contribution in [1.82, 2.24) is 14.9 Å². The SMILES string of the molecule is N#Cc1cc(-c2ccnc3[nH]c(-c4ccc(N5CCOCC5)cc4)cc23)ccc1O[C@@H]1CCN(CC(F)F)C1. The summed E-state index contributed by atoms with van der Waals surface area (Å²) in [7, 11) is 0. The second kappa shape index (κ2) is 11.0. The molecule has 39 heavy (non-hydrogen) atoms. The van der Waals surface area contributed by atoms with Crippen molar-refractivity contribution < 1.29 is 18.3 Å². The molecule has 2 aromatic carbocycles. The van der Waals surface area contributed by atoms with Crippen molar-refractivity contribution in [3.8, 4) is 34.2 Å². The monoisotopic (exact) mass is 529 g/mol. The summed E-state index contributed by atoms with van der Waals surface area (Å²) in [5, 5.41) is 10.8. The summed E-state index contributed by atoms with van der Waals surface area (Å²) < 4.78 is 37.0. The Morgan fingerprint density at radius 2 is 1.85 bits per heavy atom.